The number of rotatable bonds is 5. The maximum absolute atomic E-state index is 11.8. The van der Waals surface area contributed by atoms with Crippen LogP contribution in [0.15, 0.2) is 0 Å². The fourth-order valence-corrected chi connectivity index (χ4v) is 3.62. The Morgan fingerprint density at radius 3 is 2.65 bits per heavy atom. The van der Waals surface area contributed by atoms with Gasteiger partial charge < -0.3 is 15.8 Å². The van der Waals surface area contributed by atoms with Gasteiger partial charge in [0.25, 0.3) is 0 Å². The van der Waals surface area contributed by atoms with Gasteiger partial charge in [0, 0.05) is 38.3 Å². The molecule has 1 saturated carbocycles. The zero-order valence-corrected chi connectivity index (χ0v) is 12.6. The predicted molar refractivity (Wildman–Crippen MR) is 79.4 cm³/mol. The van der Waals surface area contributed by atoms with Gasteiger partial charge in [-0.05, 0) is 19.3 Å². The van der Waals surface area contributed by atoms with Crippen LogP contribution in [0.1, 0.15) is 38.5 Å². The second kappa shape index (κ2) is 7.96. The highest BCUT2D eigenvalue weighted by Crippen LogP contribution is 2.22. The third-order valence-electron chi connectivity index (χ3n) is 4.58. The molecule has 0 bridgehead atoms. The summed E-state index contributed by atoms with van der Waals surface area (Å²) in [4.78, 5) is 14.1. The average molecular weight is 283 g/mol. The van der Waals surface area contributed by atoms with Gasteiger partial charge >= 0.3 is 5.97 Å². The van der Waals surface area contributed by atoms with Crippen LogP contribution in [0.4, 0.5) is 0 Å². The molecule has 116 valence electrons. The van der Waals surface area contributed by atoms with E-state index < -0.39 is 0 Å². The van der Waals surface area contributed by atoms with Gasteiger partial charge in [-0.1, -0.05) is 19.3 Å². The van der Waals surface area contributed by atoms with E-state index >= 15 is 0 Å². The Bertz CT molecular complexity index is 305. The van der Waals surface area contributed by atoms with Gasteiger partial charge in [0.15, 0.2) is 0 Å². The van der Waals surface area contributed by atoms with E-state index in [1.807, 2.05) is 0 Å². The molecule has 0 spiro atoms. The van der Waals surface area contributed by atoms with Crippen molar-refractivity contribution in [1.29, 1.82) is 0 Å². The van der Waals surface area contributed by atoms with Crippen LogP contribution in [0.5, 0.6) is 0 Å². The quantitative estimate of drug-likeness (QED) is 0.728. The molecular formula is C15H29N3O2. The van der Waals surface area contributed by atoms with E-state index in [1.54, 1.807) is 0 Å². The van der Waals surface area contributed by atoms with E-state index in [9.17, 15) is 4.79 Å². The molecule has 1 aliphatic heterocycles. The van der Waals surface area contributed by atoms with Crippen LogP contribution in [-0.4, -0.2) is 56.2 Å². The minimum atomic E-state index is -0.0813. The number of carbonyl (C=O) groups is 1. The van der Waals surface area contributed by atoms with Crippen LogP contribution < -0.4 is 11.1 Å². The Kier molecular flexibility index (Phi) is 6.26. The number of nitrogens with two attached hydrogens (primary N) is 1. The van der Waals surface area contributed by atoms with Crippen molar-refractivity contribution in [1.82, 2.24) is 10.2 Å². The lowest BCUT2D eigenvalue weighted by atomic mass is 9.90. The molecule has 2 unspecified atom stereocenters. The van der Waals surface area contributed by atoms with Crippen LogP contribution in [-0.2, 0) is 9.53 Å². The van der Waals surface area contributed by atoms with E-state index in [1.165, 1.54) is 39.2 Å². The lowest BCUT2D eigenvalue weighted by Crippen LogP contribution is -2.54. The van der Waals surface area contributed by atoms with Crippen molar-refractivity contribution < 1.29 is 9.53 Å². The molecule has 2 atom stereocenters. The van der Waals surface area contributed by atoms with Gasteiger partial charge in [-0.25, -0.2) is 0 Å². The number of hydrogen-bond donors (Lipinski definition) is 2. The number of ether oxygens (including phenoxy) is 1. The number of piperidine rings is 1. The number of nitrogens with one attached hydrogen (secondary N) is 1. The summed E-state index contributed by atoms with van der Waals surface area (Å²) in [5, 5.41) is 3.76. The zero-order valence-electron chi connectivity index (χ0n) is 12.6. The normalized spacial score (nSPS) is 29.3. The molecule has 5 nitrogen and oxygen atoms in total. The monoisotopic (exact) mass is 283 g/mol. The molecule has 1 saturated heterocycles. The number of nitrogens with zero attached hydrogens (tertiary/aromatic N) is 1. The summed E-state index contributed by atoms with van der Waals surface area (Å²) in [5.74, 6) is -0.0939. The number of likely N-dealkylation sites (tertiary alicyclic amines) is 1. The van der Waals surface area contributed by atoms with Crippen molar-refractivity contribution in [3.8, 4) is 0 Å². The van der Waals surface area contributed by atoms with Crippen molar-refractivity contribution in [3.63, 3.8) is 0 Å². The molecule has 0 aromatic carbocycles. The summed E-state index contributed by atoms with van der Waals surface area (Å²) in [6, 6.07) is 1.02. The minimum Gasteiger partial charge on any atom is -0.469 e. The predicted octanol–water partition coefficient (Wildman–Crippen LogP) is 0.731. The molecule has 1 heterocycles. The van der Waals surface area contributed by atoms with Crippen molar-refractivity contribution in [2.24, 2.45) is 11.7 Å². The van der Waals surface area contributed by atoms with Crippen LogP contribution in [0, 0.1) is 5.92 Å². The highest BCUT2D eigenvalue weighted by molar-refractivity contribution is 5.72. The first-order valence-corrected chi connectivity index (χ1v) is 7.99. The Morgan fingerprint density at radius 2 is 2.00 bits per heavy atom. The van der Waals surface area contributed by atoms with E-state index in [0.717, 1.165) is 26.1 Å². The van der Waals surface area contributed by atoms with Crippen LogP contribution >= 0.6 is 0 Å². The topological polar surface area (TPSA) is 67.6 Å². The lowest BCUT2D eigenvalue weighted by Gasteiger charge is -2.39. The van der Waals surface area contributed by atoms with Crippen LogP contribution in [0.3, 0.4) is 0 Å². The second-order valence-corrected chi connectivity index (χ2v) is 6.20. The molecule has 2 aliphatic rings. The molecule has 3 N–H and O–H groups in total. The molecule has 1 aliphatic carbocycles. The first kappa shape index (κ1) is 15.7. The van der Waals surface area contributed by atoms with Gasteiger partial charge in [0.1, 0.15) is 0 Å². The first-order valence-electron chi connectivity index (χ1n) is 7.99. The highest BCUT2D eigenvalue weighted by Gasteiger charge is 2.32. The van der Waals surface area contributed by atoms with Crippen molar-refractivity contribution >= 4 is 5.97 Å². The average Bonchev–Trinajstić information content (AvgIpc) is 2.47. The van der Waals surface area contributed by atoms with Gasteiger partial charge in [-0.15, -0.1) is 0 Å². The van der Waals surface area contributed by atoms with Crippen LogP contribution in [0.2, 0.25) is 0 Å². The number of hydrogen-bond acceptors (Lipinski definition) is 5. The van der Waals surface area contributed by atoms with Crippen LogP contribution in [0.25, 0.3) is 0 Å². The summed E-state index contributed by atoms with van der Waals surface area (Å²) >= 11 is 0. The summed E-state index contributed by atoms with van der Waals surface area (Å²) in [7, 11) is 1.48. The third-order valence-corrected chi connectivity index (χ3v) is 4.58. The van der Waals surface area contributed by atoms with Crippen molar-refractivity contribution in [3.05, 3.63) is 0 Å². The molecule has 2 rings (SSSR count). The van der Waals surface area contributed by atoms with Gasteiger partial charge in [-0.3, -0.25) is 9.69 Å². The van der Waals surface area contributed by atoms with E-state index in [-0.39, 0.29) is 11.9 Å². The maximum atomic E-state index is 11.8. The summed E-state index contributed by atoms with van der Waals surface area (Å²) < 4.78 is 4.93. The fraction of sp³-hybridized carbons (Fsp3) is 0.933. The maximum Gasteiger partial charge on any atom is 0.310 e. The molecule has 2 fully saturated rings. The summed E-state index contributed by atoms with van der Waals surface area (Å²) in [6.45, 7) is 3.29. The van der Waals surface area contributed by atoms with Gasteiger partial charge in [0.2, 0.25) is 0 Å². The molecule has 5 heteroatoms. The fourth-order valence-electron chi connectivity index (χ4n) is 3.62. The summed E-state index contributed by atoms with van der Waals surface area (Å²) in [6.07, 6.45) is 7.47. The molecule has 0 aromatic heterocycles. The van der Waals surface area contributed by atoms with Gasteiger partial charge in [0.05, 0.1) is 13.0 Å². The Hall–Kier alpha value is -0.650. The Labute approximate surface area is 122 Å². The largest absolute Gasteiger partial charge is 0.469 e. The molecular weight excluding hydrogens is 254 g/mol. The minimum absolute atomic E-state index is 0.0126. The summed E-state index contributed by atoms with van der Waals surface area (Å²) in [5.41, 5.74) is 5.66. The van der Waals surface area contributed by atoms with E-state index in [0.29, 0.717) is 18.6 Å². The second-order valence-electron chi connectivity index (χ2n) is 6.20. The number of esters is 1. The van der Waals surface area contributed by atoms with Crippen molar-refractivity contribution in [2.45, 2.75) is 50.6 Å². The van der Waals surface area contributed by atoms with Crippen molar-refractivity contribution in [2.75, 3.05) is 33.3 Å². The highest BCUT2D eigenvalue weighted by atomic mass is 16.5. The first-order chi connectivity index (χ1) is 9.72. The number of methoxy groups -OCH3 is 1. The molecule has 0 amide bonds. The molecule has 0 aromatic rings. The Balaban J connectivity index is 1.90. The van der Waals surface area contributed by atoms with E-state index in [4.69, 9.17) is 10.5 Å². The zero-order chi connectivity index (χ0) is 14.4. The Morgan fingerprint density at radius 1 is 1.25 bits per heavy atom. The lowest BCUT2D eigenvalue weighted by molar-refractivity contribution is -0.147. The van der Waals surface area contributed by atoms with E-state index in [2.05, 4.69) is 10.2 Å². The smallest absolute Gasteiger partial charge is 0.310 e. The van der Waals surface area contributed by atoms with Gasteiger partial charge in [-0.2, -0.15) is 0 Å². The molecule has 0 radical (unpaired) electrons. The number of carbonyl (C=O) groups excluding carboxylic acids is 1. The third kappa shape index (κ3) is 4.43. The molecule has 20 heavy (non-hydrogen) atoms. The SMILES string of the molecule is COC(=O)C1CC(NC2CCCCC2)CN(CCN)C1. The standard InChI is InChI=1S/C15H29N3O2/c1-20-15(19)12-9-14(11-18(10-12)8-7-16)17-13-5-3-2-4-6-13/h12-14,17H,2-11,16H2,1H3.